The molecule has 0 aliphatic carbocycles. The Labute approximate surface area is 96.3 Å². The van der Waals surface area contributed by atoms with E-state index in [1.165, 1.54) is 30.7 Å². The van der Waals surface area contributed by atoms with Gasteiger partial charge in [0, 0.05) is 0 Å². The lowest BCUT2D eigenvalue weighted by molar-refractivity contribution is 0.457. The highest BCUT2D eigenvalue weighted by Gasteiger charge is 2.11. The van der Waals surface area contributed by atoms with E-state index in [1.54, 1.807) is 6.07 Å². The molecule has 17 heavy (non-hydrogen) atoms. The molecule has 2 N–H and O–H groups in total. The van der Waals surface area contributed by atoms with Crippen molar-refractivity contribution < 1.29 is 9.13 Å². The summed E-state index contributed by atoms with van der Waals surface area (Å²) in [5.41, 5.74) is 5.59. The van der Waals surface area contributed by atoms with Gasteiger partial charge in [-0.1, -0.05) is 6.07 Å². The topological polar surface area (TPSA) is 84.8 Å². The fraction of sp³-hybridized carbons (Fsp3) is 0. The summed E-state index contributed by atoms with van der Waals surface area (Å²) in [5.74, 6) is -0.502. The first-order chi connectivity index (χ1) is 8.22. The van der Waals surface area contributed by atoms with Gasteiger partial charge in [0.2, 0.25) is 5.88 Å². The largest absolute Gasteiger partial charge is 0.435 e. The van der Waals surface area contributed by atoms with Crippen molar-refractivity contribution in [1.82, 2.24) is 9.97 Å². The average Bonchev–Trinajstić information content (AvgIpc) is 2.32. The molecule has 0 aliphatic heterocycles. The highest BCUT2D eigenvalue weighted by Crippen LogP contribution is 2.27. The number of rotatable bonds is 2. The standard InChI is InChI=1S/C11H7FN4O/c12-8-2-1-3-10(7(8)4-13)17-11-9(14)5-15-6-16-11/h1-3,5-6H,14H2. The molecule has 1 heterocycles. The van der Waals surface area contributed by atoms with Crippen molar-refractivity contribution in [3.8, 4) is 17.7 Å². The second kappa shape index (κ2) is 4.45. The Balaban J connectivity index is 2.41. The zero-order valence-electron chi connectivity index (χ0n) is 8.59. The molecule has 0 aliphatic rings. The highest BCUT2D eigenvalue weighted by atomic mass is 19.1. The molecule has 0 fully saturated rings. The summed E-state index contributed by atoms with van der Waals surface area (Å²) in [6, 6.07) is 5.79. The number of hydrogen-bond acceptors (Lipinski definition) is 5. The maximum atomic E-state index is 13.3. The number of nitrogen functional groups attached to an aromatic ring is 1. The molecule has 2 aromatic rings. The molecule has 0 amide bonds. The normalized spacial score (nSPS) is 9.65. The molecule has 2 rings (SSSR count). The molecule has 0 radical (unpaired) electrons. The van der Waals surface area contributed by atoms with E-state index >= 15 is 0 Å². The summed E-state index contributed by atoms with van der Waals surface area (Å²) in [6.07, 6.45) is 2.60. The van der Waals surface area contributed by atoms with Gasteiger partial charge in [-0.15, -0.1) is 0 Å². The van der Waals surface area contributed by atoms with Gasteiger partial charge in [0.1, 0.15) is 35.2 Å². The molecule has 1 aromatic heterocycles. The predicted molar refractivity (Wildman–Crippen MR) is 57.6 cm³/mol. The van der Waals surface area contributed by atoms with Gasteiger partial charge in [0.25, 0.3) is 0 Å². The van der Waals surface area contributed by atoms with Gasteiger partial charge < -0.3 is 10.5 Å². The van der Waals surface area contributed by atoms with E-state index in [9.17, 15) is 4.39 Å². The minimum absolute atomic E-state index is 0.0675. The number of nitrogens with two attached hydrogens (primary N) is 1. The number of aromatic nitrogens is 2. The lowest BCUT2D eigenvalue weighted by Gasteiger charge is -2.07. The molecule has 0 saturated heterocycles. The Morgan fingerprint density at radius 2 is 2.24 bits per heavy atom. The summed E-state index contributed by atoms with van der Waals surface area (Å²) in [4.78, 5) is 7.48. The number of ether oxygens (including phenoxy) is 1. The quantitative estimate of drug-likeness (QED) is 0.851. The van der Waals surface area contributed by atoms with Crippen molar-refractivity contribution in [2.75, 3.05) is 5.73 Å². The summed E-state index contributed by atoms with van der Waals surface area (Å²) in [7, 11) is 0. The van der Waals surface area contributed by atoms with Crippen molar-refractivity contribution >= 4 is 5.69 Å². The molecular weight excluding hydrogens is 223 g/mol. The van der Waals surface area contributed by atoms with Gasteiger partial charge >= 0.3 is 0 Å². The smallest absolute Gasteiger partial charge is 0.245 e. The van der Waals surface area contributed by atoms with Gasteiger partial charge in [0.15, 0.2) is 0 Å². The van der Waals surface area contributed by atoms with Crippen LogP contribution in [0, 0.1) is 17.1 Å². The zero-order chi connectivity index (χ0) is 12.3. The third kappa shape index (κ3) is 2.13. The zero-order valence-corrected chi connectivity index (χ0v) is 8.59. The van der Waals surface area contributed by atoms with Crippen molar-refractivity contribution in [2.24, 2.45) is 0 Å². The number of anilines is 1. The van der Waals surface area contributed by atoms with Crippen LogP contribution < -0.4 is 10.5 Å². The Hall–Kier alpha value is -2.68. The van der Waals surface area contributed by atoms with Crippen LogP contribution in [-0.4, -0.2) is 9.97 Å². The van der Waals surface area contributed by atoms with Crippen LogP contribution in [0.2, 0.25) is 0 Å². The second-order valence-electron chi connectivity index (χ2n) is 3.11. The fourth-order valence-electron chi connectivity index (χ4n) is 1.22. The SMILES string of the molecule is N#Cc1c(F)cccc1Oc1ncncc1N. The molecule has 1 aromatic carbocycles. The van der Waals surface area contributed by atoms with Crippen LogP contribution in [0.25, 0.3) is 0 Å². The van der Waals surface area contributed by atoms with Gasteiger partial charge in [0.05, 0.1) is 6.20 Å². The minimum Gasteiger partial charge on any atom is -0.435 e. The van der Waals surface area contributed by atoms with Crippen molar-refractivity contribution in [1.29, 1.82) is 5.26 Å². The molecule has 0 spiro atoms. The first kappa shape index (κ1) is 10.8. The van der Waals surface area contributed by atoms with Crippen molar-refractivity contribution in [3.05, 3.63) is 42.1 Å². The van der Waals surface area contributed by atoms with E-state index in [4.69, 9.17) is 15.7 Å². The van der Waals surface area contributed by atoms with E-state index < -0.39 is 5.82 Å². The van der Waals surface area contributed by atoms with Crippen molar-refractivity contribution in [3.63, 3.8) is 0 Å². The third-order valence-electron chi connectivity index (χ3n) is 2.00. The lowest BCUT2D eigenvalue weighted by atomic mass is 10.2. The molecular formula is C11H7FN4O. The number of benzene rings is 1. The highest BCUT2D eigenvalue weighted by molar-refractivity contribution is 5.50. The summed E-state index contributed by atoms with van der Waals surface area (Å²) >= 11 is 0. The number of nitrogens with zero attached hydrogens (tertiary/aromatic N) is 3. The molecule has 0 bridgehead atoms. The Bertz CT molecular complexity index is 594. The predicted octanol–water partition coefficient (Wildman–Crippen LogP) is 1.86. The summed E-state index contributed by atoms with van der Waals surface area (Å²) in [6.45, 7) is 0. The summed E-state index contributed by atoms with van der Waals surface area (Å²) < 4.78 is 18.6. The van der Waals surface area contributed by atoms with Crippen LogP contribution in [0.1, 0.15) is 5.56 Å². The van der Waals surface area contributed by atoms with Crippen LogP contribution in [-0.2, 0) is 0 Å². The van der Waals surface area contributed by atoms with Crippen molar-refractivity contribution in [2.45, 2.75) is 0 Å². The molecule has 0 atom stereocenters. The average molecular weight is 230 g/mol. The van der Waals surface area contributed by atoms with Crippen LogP contribution in [0.5, 0.6) is 11.6 Å². The Kier molecular flexibility index (Phi) is 2.83. The van der Waals surface area contributed by atoms with Gasteiger partial charge in [-0.3, -0.25) is 0 Å². The van der Waals surface area contributed by atoms with Crippen LogP contribution in [0.4, 0.5) is 10.1 Å². The lowest BCUT2D eigenvalue weighted by Crippen LogP contribution is -1.98. The monoisotopic (exact) mass is 230 g/mol. The van der Waals surface area contributed by atoms with Crippen LogP contribution in [0.3, 0.4) is 0 Å². The van der Waals surface area contributed by atoms with E-state index in [0.717, 1.165) is 0 Å². The molecule has 0 unspecified atom stereocenters. The maximum Gasteiger partial charge on any atom is 0.245 e. The molecule has 0 saturated carbocycles. The first-order valence-corrected chi connectivity index (χ1v) is 4.64. The first-order valence-electron chi connectivity index (χ1n) is 4.64. The van der Waals surface area contributed by atoms with Gasteiger partial charge in [-0.05, 0) is 12.1 Å². The molecule has 5 nitrogen and oxygen atoms in total. The van der Waals surface area contributed by atoms with E-state index in [0.29, 0.717) is 0 Å². The van der Waals surface area contributed by atoms with Crippen LogP contribution in [0.15, 0.2) is 30.7 Å². The maximum absolute atomic E-state index is 13.3. The minimum atomic E-state index is -0.655. The van der Waals surface area contributed by atoms with Gasteiger partial charge in [-0.2, -0.15) is 10.2 Å². The van der Waals surface area contributed by atoms with Crippen LogP contribution >= 0.6 is 0 Å². The van der Waals surface area contributed by atoms with E-state index in [2.05, 4.69) is 9.97 Å². The number of hydrogen-bond donors (Lipinski definition) is 1. The number of halogens is 1. The van der Waals surface area contributed by atoms with Gasteiger partial charge in [-0.25, -0.2) is 9.37 Å². The molecule has 6 heteroatoms. The van der Waals surface area contributed by atoms with E-state index in [1.807, 2.05) is 0 Å². The Morgan fingerprint density at radius 1 is 1.41 bits per heavy atom. The second-order valence-corrected chi connectivity index (χ2v) is 3.11. The third-order valence-corrected chi connectivity index (χ3v) is 2.00. The molecule has 84 valence electrons. The summed E-state index contributed by atoms with van der Waals surface area (Å²) in [5, 5.41) is 8.81. The van der Waals surface area contributed by atoms with E-state index in [-0.39, 0.29) is 22.9 Å². The number of nitriles is 1. The Morgan fingerprint density at radius 3 is 2.94 bits per heavy atom. The fourth-order valence-corrected chi connectivity index (χ4v) is 1.22.